The van der Waals surface area contributed by atoms with Gasteiger partial charge in [-0.15, -0.1) is 0 Å². The van der Waals surface area contributed by atoms with Crippen molar-refractivity contribution in [2.24, 2.45) is 0 Å². The first kappa shape index (κ1) is 27.7. The molecule has 0 N–H and O–H groups in total. The summed E-state index contributed by atoms with van der Waals surface area (Å²) in [5, 5.41) is 4.45. The number of benzene rings is 7. The number of aryl methyl sites for hydroxylation is 2. The van der Waals surface area contributed by atoms with Gasteiger partial charge in [-0.05, 0) is 75.2 Å². The maximum atomic E-state index is 6.26. The Morgan fingerprint density at radius 1 is 0.367 bits per heavy atom. The summed E-state index contributed by atoms with van der Waals surface area (Å²) in [6, 6.07) is 53.1. The zero-order chi connectivity index (χ0) is 32.3. The molecule has 2 heterocycles. The van der Waals surface area contributed by atoms with E-state index in [9.17, 15) is 0 Å². The Labute approximate surface area is 283 Å². The Balaban J connectivity index is 1.18. The second kappa shape index (κ2) is 11.1. The molecule has 0 amide bonds. The van der Waals surface area contributed by atoms with Gasteiger partial charge < -0.3 is 4.42 Å². The first-order valence-corrected chi connectivity index (χ1v) is 16.7. The van der Waals surface area contributed by atoms with E-state index in [-0.39, 0.29) is 0 Å². The highest BCUT2D eigenvalue weighted by atomic mass is 16.3. The number of para-hydroxylation sites is 1. The van der Waals surface area contributed by atoms with E-state index in [0.717, 1.165) is 73.4 Å². The van der Waals surface area contributed by atoms with Crippen molar-refractivity contribution in [3.8, 4) is 56.4 Å². The highest BCUT2D eigenvalue weighted by Crippen LogP contribution is 2.41. The van der Waals surface area contributed by atoms with Crippen LogP contribution in [-0.4, -0.2) is 15.0 Å². The quantitative estimate of drug-likeness (QED) is 0.195. The molecule has 0 unspecified atom stereocenters. The molecule has 0 radical (unpaired) electrons. The van der Waals surface area contributed by atoms with Crippen molar-refractivity contribution in [3.05, 3.63) is 163 Å². The van der Waals surface area contributed by atoms with Crippen molar-refractivity contribution in [2.75, 3.05) is 0 Å². The van der Waals surface area contributed by atoms with Gasteiger partial charge in [0.25, 0.3) is 0 Å². The zero-order valence-electron chi connectivity index (χ0n) is 26.6. The lowest BCUT2D eigenvalue weighted by molar-refractivity contribution is 0.669. The van der Waals surface area contributed by atoms with Crippen LogP contribution in [0.5, 0.6) is 0 Å². The minimum absolute atomic E-state index is 0.650. The Kier molecular flexibility index (Phi) is 6.28. The number of rotatable bonds is 4. The van der Waals surface area contributed by atoms with Gasteiger partial charge in [0.1, 0.15) is 11.2 Å². The molecule has 0 spiro atoms. The van der Waals surface area contributed by atoms with E-state index in [2.05, 4.69) is 115 Å². The molecule has 1 aliphatic rings. The summed E-state index contributed by atoms with van der Waals surface area (Å²) in [6.07, 6.45) is 2.09. The van der Waals surface area contributed by atoms with Crippen molar-refractivity contribution < 1.29 is 4.42 Å². The first-order valence-electron chi connectivity index (χ1n) is 16.7. The van der Waals surface area contributed by atoms with Crippen molar-refractivity contribution in [1.82, 2.24) is 15.0 Å². The first-order chi connectivity index (χ1) is 24.3. The molecule has 7 aromatic carbocycles. The topological polar surface area (TPSA) is 51.8 Å². The molecule has 0 bridgehead atoms. The molecular weight excluding hydrogens is 599 g/mol. The molecule has 49 heavy (non-hydrogen) atoms. The Bertz CT molecular complexity index is 2730. The van der Waals surface area contributed by atoms with Crippen LogP contribution in [0.2, 0.25) is 0 Å². The molecule has 0 fully saturated rings. The second-order valence-electron chi connectivity index (χ2n) is 12.7. The van der Waals surface area contributed by atoms with Crippen LogP contribution < -0.4 is 0 Å². The maximum Gasteiger partial charge on any atom is 0.164 e. The summed E-state index contributed by atoms with van der Waals surface area (Å²) in [6.45, 7) is 0. The Morgan fingerprint density at radius 2 is 0.959 bits per heavy atom. The third kappa shape index (κ3) is 4.56. The van der Waals surface area contributed by atoms with E-state index < -0.39 is 0 Å². The lowest BCUT2D eigenvalue weighted by Gasteiger charge is -2.20. The maximum absolute atomic E-state index is 6.26. The van der Waals surface area contributed by atoms with E-state index >= 15 is 0 Å². The minimum Gasteiger partial charge on any atom is -0.456 e. The molecule has 4 nitrogen and oxygen atoms in total. The fourth-order valence-electron chi connectivity index (χ4n) is 7.54. The summed E-state index contributed by atoms with van der Waals surface area (Å²) in [5.41, 5.74) is 12.3. The molecule has 0 atom stereocenters. The molecule has 4 heteroatoms. The van der Waals surface area contributed by atoms with Crippen molar-refractivity contribution in [1.29, 1.82) is 0 Å². The van der Waals surface area contributed by atoms with Gasteiger partial charge in [0.2, 0.25) is 0 Å². The summed E-state index contributed by atoms with van der Waals surface area (Å²) in [5.74, 6) is 1.97. The third-order valence-electron chi connectivity index (χ3n) is 9.86. The molecule has 9 aromatic rings. The van der Waals surface area contributed by atoms with Crippen molar-refractivity contribution >= 4 is 32.7 Å². The summed E-state index contributed by atoms with van der Waals surface area (Å²) in [4.78, 5) is 15.4. The molecule has 1 aliphatic carbocycles. The van der Waals surface area contributed by atoms with Crippen LogP contribution in [0, 0.1) is 0 Å². The van der Waals surface area contributed by atoms with Gasteiger partial charge in [0, 0.05) is 27.5 Å². The van der Waals surface area contributed by atoms with Gasteiger partial charge in [-0.1, -0.05) is 133 Å². The average molecular weight is 628 g/mol. The van der Waals surface area contributed by atoms with Gasteiger partial charge in [-0.3, -0.25) is 0 Å². The molecule has 2 aromatic heterocycles. The van der Waals surface area contributed by atoms with E-state index in [1.54, 1.807) is 0 Å². The predicted octanol–water partition coefficient (Wildman–Crippen LogP) is 11.4. The number of nitrogens with zero attached hydrogens (tertiary/aromatic N) is 3. The van der Waals surface area contributed by atoms with Crippen molar-refractivity contribution in [2.45, 2.75) is 12.8 Å². The minimum atomic E-state index is 0.650. The summed E-state index contributed by atoms with van der Waals surface area (Å²) >= 11 is 0. The molecule has 230 valence electrons. The smallest absolute Gasteiger partial charge is 0.164 e. The third-order valence-corrected chi connectivity index (χ3v) is 9.86. The normalized spacial score (nSPS) is 12.3. The standard InChI is InChI=1S/C45H29N3O/c1-2-12-30(13-3-1)43-46-44(31-26-25-29-24-23-28-11-4-5-14-32(28)39(29)27-31)48-45(47-43)37-20-9-16-33-34(17-8-18-35(33)37)36-19-10-22-41-42(36)38-15-6-7-21-40(38)49-41/h1-22,25-27H,23-24H2. The van der Waals surface area contributed by atoms with Gasteiger partial charge in [-0.25, -0.2) is 15.0 Å². The molecule has 0 saturated heterocycles. The van der Waals surface area contributed by atoms with Gasteiger partial charge >= 0.3 is 0 Å². The Morgan fingerprint density at radius 3 is 1.84 bits per heavy atom. The lowest BCUT2D eigenvalue weighted by Crippen LogP contribution is -2.05. The average Bonchev–Trinajstić information content (AvgIpc) is 3.56. The van der Waals surface area contributed by atoms with Crippen LogP contribution in [0.4, 0.5) is 0 Å². The second-order valence-corrected chi connectivity index (χ2v) is 12.7. The molecule has 0 aliphatic heterocycles. The number of fused-ring (bicyclic) bond motifs is 7. The largest absolute Gasteiger partial charge is 0.456 e. The number of furan rings is 1. The molecule has 0 saturated carbocycles. The van der Waals surface area contributed by atoms with Crippen LogP contribution in [0.25, 0.3) is 89.1 Å². The van der Waals surface area contributed by atoms with Crippen LogP contribution in [-0.2, 0) is 12.8 Å². The summed E-state index contributed by atoms with van der Waals surface area (Å²) in [7, 11) is 0. The zero-order valence-corrected chi connectivity index (χ0v) is 26.6. The van der Waals surface area contributed by atoms with Gasteiger partial charge in [-0.2, -0.15) is 0 Å². The van der Waals surface area contributed by atoms with E-state index in [1.165, 1.54) is 22.3 Å². The van der Waals surface area contributed by atoms with Gasteiger partial charge in [0.05, 0.1) is 0 Å². The van der Waals surface area contributed by atoms with Crippen molar-refractivity contribution in [3.63, 3.8) is 0 Å². The monoisotopic (exact) mass is 627 g/mol. The highest BCUT2D eigenvalue weighted by molar-refractivity contribution is 6.16. The summed E-state index contributed by atoms with van der Waals surface area (Å²) < 4.78 is 6.26. The van der Waals surface area contributed by atoms with Crippen LogP contribution in [0.3, 0.4) is 0 Å². The SMILES string of the molecule is c1ccc(-c2nc(-c3ccc4c(c3)-c3ccccc3CC4)nc(-c3cccc4c(-c5cccc6oc7ccccc7c56)cccc34)n2)cc1. The Hall–Kier alpha value is -6.39. The highest BCUT2D eigenvalue weighted by Gasteiger charge is 2.20. The number of hydrogen-bond acceptors (Lipinski definition) is 4. The van der Waals surface area contributed by atoms with E-state index in [1.807, 2.05) is 36.4 Å². The molecular formula is C45H29N3O. The van der Waals surface area contributed by atoms with E-state index in [0.29, 0.717) is 17.5 Å². The van der Waals surface area contributed by atoms with Crippen LogP contribution >= 0.6 is 0 Å². The predicted molar refractivity (Wildman–Crippen MR) is 199 cm³/mol. The van der Waals surface area contributed by atoms with Crippen LogP contribution in [0.1, 0.15) is 11.1 Å². The van der Waals surface area contributed by atoms with E-state index in [4.69, 9.17) is 19.4 Å². The van der Waals surface area contributed by atoms with Gasteiger partial charge in [0.15, 0.2) is 17.5 Å². The fourth-order valence-corrected chi connectivity index (χ4v) is 7.54. The molecule has 10 rings (SSSR count). The van der Waals surface area contributed by atoms with Crippen LogP contribution in [0.15, 0.2) is 156 Å². The number of aromatic nitrogens is 3. The number of hydrogen-bond donors (Lipinski definition) is 0. The lowest BCUT2D eigenvalue weighted by atomic mass is 9.85. The fraction of sp³-hybridized carbons (Fsp3) is 0.0444.